The Hall–Kier alpha value is -1.73. The molecule has 154 valence electrons. The minimum absolute atomic E-state index is 0.0813. The normalized spacial score (nSPS) is 19.1. The van der Waals surface area contributed by atoms with Crippen LogP contribution in [0.25, 0.3) is 0 Å². The van der Waals surface area contributed by atoms with Crippen LogP contribution in [0.2, 0.25) is 0 Å². The van der Waals surface area contributed by atoms with Crippen molar-refractivity contribution in [2.24, 2.45) is 0 Å². The number of para-hydroxylation sites is 1. The zero-order chi connectivity index (χ0) is 19.9. The Morgan fingerprint density at radius 3 is 2.57 bits per heavy atom. The van der Waals surface area contributed by atoms with Crippen LogP contribution in [-0.2, 0) is 4.79 Å². The van der Waals surface area contributed by atoms with Crippen molar-refractivity contribution >= 4 is 23.6 Å². The van der Waals surface area contributed by atoms with Crippen molar-refractivity contribution in [3.63, 3.8) is 0 Å². The molecule has 0 spiro atoms. The number of hydrogen-bond donors (Lipinski definition) is 2. The average Bonchev–Trinajstić information content (AvgIpc) is 3.56. The highest BCUT2D eigenvalue weighted by atomic mass is 32.2. The van der Waals surface area contributed by atoms with Crippen molar-refractivity contribution in [1.82, 2.24) is 15.5 Å². The van der Waals surface area contributed by atoms with E-state index in [4.69, 9.17) is 4.74 Å². The largest absolute Gasteiger partial charge is 0.496 e. The number of methoxy groups -OCH3 is 1. The summed E-state index contributed by atoms with van der Waals surface area (Å²) in [5.41, 5.74) is 0.449. The quantitative estimate of drug-likeness (QED) is 0.660. The van der Waals surface area contributed by atoms with E-state index in [9.17, 15) is 9.59 Å². The van der Waals surface area contributed by atoms with Gasteiger partial charge in [0.05, 0.1) is 12.7 Å². The number of hydrogen-bond acceptors (Lipinski definition) is 5. The first-order valence-electron chi connectivity index (χ1n) is 10.1. The van der Waals surface area contributed by atoms with Gasteiger partial charge in [0.2, 0.25) is 5.91 Å². The van der Waals surface area contributed by atoms with Gasteiger partial charge in [-0.1, -0.05) is 12.1 Å². The van der Waals surface area contributed by atoms with Gasteiger partial charge in [0, 0.05) is 25.2 Å². The number of rotatable bonds is 9. The van der Waals surface area contributed by atoms with Gasteiger partial charge in [-0.3, -0.25) is 9.59 Å². The van der Waals surface area contributed by atoms with Crippen LogP contribution in [0, 0.1) is 0 Å². The predicted octanol–water partition coefficient (Wildman–Crippen LogP) is 2.29. The molecule has 2 aliphatic rings. The van der Waals surface area contributed by atoms with E-state index in [-0.39, 0.29) is 17.9 Å². The number of benzene rings is 1. The maximum atomic E-state index is 12.9. The third-order valence-corrected chi connectivity index (χ3v) is 6.17. The fourth-order valence-corrected chi connectivity index (χ4v) is 4.19. The maximum absolute atomic E-state index is 12.9. The lowest BCUT2D eigenvalue weighted by atomic mass is 10.0. The van der Waals surface area contributed by atoms with Gasteiger partial charge in [-0.2, -0.15) is 11.8 Å². The molecule has 1 saturated heterocycles. The molecule has 0 radical (unpaired) electrons. The molecule has 2 fully saturated rings. The lowest BCUT2D eigenvalue weighted by molar-refractivity contribution is -0.124. The molecule has 1 aliphatic carbocycles. The van der Waals surface area contributed by atoms with Crippen LogP contribution in [0.5, 0.6) is 5.75 Å². The molecule has 7 heteroatoms. The van der Waals surface area contributed by atoms with E-state index >= 15 is 0 Å². The number of nitrogens with one attached hydrogen (secondary N) is 2. The van der Waals surface area contributed by atoms with Gasteiger partial charge in [0.1, 0.15) is 11.8 Å². The minimum atomic E-state index is -0.536. The lowest BCUT2D eigenvalue weighted by Gasteiger charge is -2.33. The van der Waals surface area contributed by atoms with E-state index < -0.39 is 6.04 Å². The number of carbonyl (C=O) groups is 2. The highest BCUT2D eigenvalue weighted by molar-refractivity contribution is 7.98. The van der Waals surface area contributed by atoms with E-state index in [1.807, 2.05) is 12.3 Å². The number of nitrogens with zero attached hydrogens (tertiary/aromatic N) is 1. The molecule has 1 saturated carbocycles. The summed E-state index contributed by atoms with van der Waals surface area (Å²) < 4.78 is 5.28. The number of likely N-dealkylation sites (tertiary alicyclic amines) is 1. The Bertz CT molecular complexity index is 673. The number of carbonyl (C=O) groups excluding carboxylic acids is 2. The summed E-state index contributed by atoms with van der Waals surface area (Å²) in [7, 11) is 1.54. The van der Waals surface area contributed by atoms with Gasteiger partial charge < -0.3 is 20.3 Å². The molecule has 1 aliphatic heterocycles. The smallest absolute Gasteiger partial charge is 0.255 e. The molecular formula is C21H31N3O3S. The third-order valence-electron chi connectivity index (χ3n) is 5.52. The lowest BCUT2D eigenvalue weighted by Crippen LogP contribution is -2.52. The second-order valence-electron chi connectivity index (χ2n) is 7.56. The summed E-state index contributed by atoms with van der Waals surface area (Å²) in [4.78, 5) is 28.2. The summed E-state index contributed by atoms with van der Waals surface area (Å²) in [6.45, 7) is 2.11. The predicted molar refractivity (Wildman–Crippen MR) is 113 cm³/mol. The Balaban J connectivity index is 1.57. The molecule has 1 heterocycles. The summed E-state index contributed by atoms with van der Waals surface area (Å²) >= 11 is 1.67. The minimum Gasteiger partial charge on any atom is -0.496 e. The zero-order valence-electron chi connectivity index (χ0n) is 16.8. The van der Waals surface area contributed by atoms with Crippen LogP contribution < -0.4 is 15.4 Å². The van der Waals surface area contributed by atoms with E-state index in [2.05, 4.69) is 15.5 Å². The molecule has 1 aromatic carbocycles. The SMILES string of the molecule is COc1ccccc1C(=O)N[C@H](CCSC)C(=O)NC1CCN(C2CC2)CC1. The van der Waals surface area contributed by atoms with Crippen LogP contribution >= 0.6 is 11.8 Å². The molecule has 0 bridgehead atoms. The summed E-state index contributed by atoms with van der Waals surface area (Å²) in [6.07, 6.45) is 7.22. The molecule has 0 aromatic heterocycles. The fourth-order valence-electron chi connectivity index (χ4n) is 3.72. The summed E-state index contributed by atoms with van der Waals surface area (Å²) in [5.74, 6) is 0.964. The number of piperidine rings is 1. The monoisotopic (exact) mass is 405 g/mol. The molecule has 2 amide bonds. The van der Waals surface area contributed by atoms with Crippen molar-refractivity contribution < 1.29 is 14.3 Å². The van der Waals surface area contributed by atoms with Gasteiger partial charge >= 0.3 is 0 Å². The molecule has 3 rings (SSSR count). The number of amides is 2. The molecular weight excluding hydrogens is 374 g/mol. The highest BCUT2D eigenvalue weighted by Crippen LogP contribution is 2.29. The topological polar surface area (TPSA) is 70.7 Å². The summed E-state index contributed by atoms with van der Waals surface area (Å²) in [5, 5.41) is 6.09. The first kappa shape index (κ1) is 21.0. The third kappa shape index (κ3) is 5.64. The van der Waals surface area contributed by atoms with Crippen LogP contribution in [0.4, 0.5) is 0 Å². The Kier molecular flexibility index (Phi) is 7.62. The van der Waals surface area contributed by atoms with Crippen molar-refractivity contribution in [1.29, 1.82) is 0 Å². The Labute approximate surface area is 171 Å². The molecule has 6 nitrogen and oxygen atoms in total. The van der Waals surface area contributed by atoms with Crippen molar-refractivity contribution in [3.05, 3.63) is 29.8 Å². The van der Waals surface area contributed by atoms with E-state index in [1.54, 1.807) is 30.0 Å². The first-order valence-corrected chi connectivity index (χ1v) is 11.5. The zero-order valence-corrected chi connectivity index (χ0v) is 17.6. The van der Waals surface area contributed by atoms with Crippen LogP contribution in [0.15, 0.2) is 24.3 Å². The second-order valence-corrected chi connectivity index (χ2v) is 8.54. The van der Waals surface area contributed by atoms with Gasteiger partial charge in [-0.15, -0.1) is 0 Å². The first-order chi connectivity index (χ1) is 13.6. The molecule has 1 aromatic rings. The number of thioether (sulfide) groups is 1. The van der Waals surface area contributed by atoms with Crippen molar-refractivity contribution in [3.8, 4) is 5.75 Å². The Morgan fingerprint density at radius 1 is 1.21 bits per heavy atom. The van der Waals surface area contributed by atoms with Crippen LogP contribution in [0.1, 0.15) is 42.5 Å². The average molecular weight is 406 g/mol. The van der Waals surface area contributed by atoms with Gasteiger partial charge in [0.25, 0.3) is 5.91 Å². The van der Waals surface area contributed by atoms with Crippen molar-refractivity contribution in [2.75, 3.05) is 32.2 Å². The maximum Gasteiger partial charge on any atom is 0.255 e. The highest BCUT2D eigenvalue weighted by Gasteiger charge is 2.33. The summed E-state index contributed by atoms with van der Waals surface area (Å²) in [6, 6.07) is 7.52. The molecule has 0 unspecified atom stereocenters. The van der Waals surface area contributed by atoms with Crippen molar-refractivity contribution in [2.45, 2.75) is 50.2 Å². The van der Waals surface area contributed by atoms with E-state index in [1.165, 1.54) is 20.0 Å². The van der Waals surface area contributed by atoms with Crippen LogP contribution in [0.3, 0.4) is 0 Å². The standard InChI is InChI=1S/C21H31N3O3S/c1-27-19-6-4-3-5-17(19)20(25)23-18(11-14-28-2)21(26)22-15-9-12-24(13-10-15)16-7-8-16/h3-6,15-16,18H,7-14H2,1-2H3,(H,22,26)(H,23,25)/t18-/m1/s1. The van der Waals surface area contributed by atoms with E-state index in [0.717, 1.165) is 37.7 Å². The van der Waals surface area contributed by atoms with Crippen LogP contribution in [-0.4, -0.2) is 67.0 Å². The molecule has 2 N–H and O–H groups in total. The number of ether oxygens (including phenoxy) is 1. The molecule has 1 atom stereocenters. The van der Waals surface area contributed by atoms with Gasteiger partial charge in [-0.05, 0) is 56.2 Å². The second kappa shape index (κ2) is 10.2. The van der Waals surface area contributed by atoms with Gasteiger partial charge in [0.15, 0.2) is 0 Å². The van der Waals surface area contributed by atoms with E-state index in [0.29, 0.717) is 17.7 Å². The fraction of sp³-hybridized carbons (Fsp3) is 0.619. The Morgan fingerprint density at radius 2 is 1.93 bits per heavy atom. The molecule has 28 heavy (non-hydrogen) atoms. The van der Waals surface area contributed by atoms with Gasteiger partial charge in [-0.25, -0.2) is 0 Å².